The Morgan fingerprint density at radius 2 is 1.30 bits per heavy atom. The maximum Gasteiger partial charge on any atom is 0.0438 e. The van der Waals surface area contributed by atoms with E-state index in [1.54, 1.807) is 4.88 Å². The van der Waals surface area contributed by atoms with Gasteiger partial charge in [-0.05, 0) is 48.6 Å². The lowest BCUT2D eigenvalue weighted by molar-refractivity contribution is 0.296. The van der Waals surface area contributed by atoms with Crippen LogP contribution < -0.4 is 0 Å². The maximum atomic E-state index is 8.70. The molecule has 0 atom stereocenters. The highest BCUT2D eigenvalue weighted by Gasteiger charge is 1.96. The van der Waals surface area contributed by atoms with Gasteiger partial charge in [0.1, 0.15) is 0 Å². The number of unbranched alkanes of at least 4 members (excludes halogenated alkanes) is 10. The van der Waals surface area contributed by atoms with E-state index in [0.29, 0.717) is 6.61 Å². The van der Waals surface area contributed by atoms with Gasteiger partial charge >= 0.3 is 0 Å². The largest absolute Gasteiger partial charge is 0.396 e. The van der Waals surface area contributed by atoms with Crippen molar-refractivity contribution in [2.24, 2.45) is 0 Å². The molecule has 3 heteroatoms. The fourth-order valence-electron chi connectivity index (χ4n) is 2.82. The zero-order valence-corrected chi connectivity index (χ0v) is 16.4. The molecule has 23 heavy (non-hydrogen) atoms. The first kappa shape index (κ1) is 21.1. The van der Waals surface area contributed by atoms with Crippen molar-refractivity contribution in [3.8, 4) is 0 Å². The summed E-state index contributed by atoms with van der Waals surface area (Å²) >= 11 is 3.90. The molecular formula is C20H36OS2. The highest BCUT2D eigenvalue weighted by atomic mass is 32.2. The zero-order chi connectivity index (χ0) is 16.4. The lowest BCUT2D eigenvalue weighted by Gasteiger charge is -2.03. The van der Waals surface area contributed by atoms with E-state index in [2.05, 4.69) is 17.5 Å². The van der Waals surface area contributed by atoms with Gasteiger partial charge in [0.25, 0.3) is 0 Å². The van der Waals surface area contributed by atoms with Crippen LogP contribution in [0.15, 0.2) is 17.5 Å². The van der Waals surface area contributed by atoms with Crippen LogP contribution in [0.4, 0.5) is 0 Å². The van der Waals surface area contributed by atoms with E-state index in [4.69, 9.17) is 5.11 Å². The van der Waals surface area contributed by atoms with Gasteiger partial charge < -0.3 is 5.11 Å². The first-order valence-electron chi connectivity index (χ1n) is 9.64. The number of hydrogen-bond acceptors (Lipinski definition) is 3. The SMILES string of the molecule is OCCCSCCCCCCCCCCCCCc1cccs1. The fraction of sp³-hybridized carbons (Fsp3) is 0.800. The Morgan fingerprint density at radius 1 is 0.739 bits per heavy atom. The second kappa shape index (κ2) is 16.9. The van der Waals surface area contributed by atoms with Crippen molar-refractivity contribution in [1.29, 1.82) is 0 Å². The summed E-state index contributed by atoms with van der Waals surface area (Å²) in [6, 6.07) is 4.43. The number of aryl methyl sites for hydroxylation is 1. The molecule has 1 N–H and O–H groups in total. The van der Waals surface area contributed by atoms with E-state index >= 15 is 0 Å². The molecule has 0 aromatic carbocycles. The maximum absolute atomic E-state index is 8.70. The number of thiophene rings is 1. The third-order valence-corrected chi connectivity index (χ3v) is 6.33. The van der Waals surface area contributed by atoms with Crippen LogP contribution in [0.1, 0.15) is 81.9 Å². The molecule has 134 valence electrons. The van der Waals surface area contributed by atoms with Crippen LogP contribution in [-0.4, -0.2) is 23.2 Å². The van der Waals surface area contributed by atoms with Crippen molar-refractivity contribution in [3.63, 3.8) is 0 Å². The fourth-order valence-corrected chi connectivity index (χ4v) is 4.51. The molecule has 0 unspecified atom stereocenters. The second-order valence-corrected chi connectivity index (χ2v) is 8.66. The molecule has 1 nitrogen and oxygen atoms in total. The van der Waals surface area contributed by atoms with Crippen molar-refractivity contribution in [3.05, 3.63) is 22.4 Å². The van der Waals surface area contributed by atoms with Crippen molar-refractivity contribution < 1.29 is 5.11 Å². The predicted molar refractivity (Wildman–Crippen MR) is 108 cm³/mol. The number of thioether (sulfide) groups is 1. The van der Waals surface area contributed by atoms with Gasteiger partial charge in [-0.15, -0.1) is 11.3 Å². The average molecular weight is 357 g/mol. The summed E-state index contributed by atoms with van der Waals surface area (Å²) in [5.41, 5.74) is 0. The second-order valence-electron chi connectivity index (χ2n) is 6.41. The molecular weight excluding hydrogens is 320 g/mol. The quantitative estimate of drug-likeness (QED) is 0.313. The lowest BCUT2D eigenvalue weighted by atomic mass is 10.1. The van der Waals surface area contributed by atoms with Gasteiger partial charge in [-0.3, -0.25) is 0 Å². The standard InChI is InChI=1S/C20H36OS2/c21-16-13-18-22-17-11-9-7-5-3-1-2-4-6-8-10-14-20-15-12-19-23-20/h12,15,19,21H,1-11,13-14,16-18H2. The smallest absolute Gasteiger partial charge is 0.0438 e. The minimum absolute atomic E-state index is 0.349. The summed E-state index contributed by atoms with van der Waals surface area (Å²) in [6.45, 7) is 0.349. The highest BCUT2D eigenvalue weighted by molar-refractivity contribution is 7.99. The van der Waals surface area contributed by atoms with Crippen molar-refractivity contribution in [1.82, 2.24) is 0 Å². The Hall–Kier alpha value is 0.01000. The van der Waals surface area contributed by atoms with Gasteiger partial charge in [0.2, 0.25) is 0 Å². The van der Waals surface area contributed by atoms with E-state index in [9.17, 15) is 0 Å². The molecule has 1 aromatic heterocycles. The number of aliphatic hydroxyl groups excluding tert-OH is 1. The van der Waals surface area contributed by atoms with E-state index in [0.717, 1.165) is 12.2 Å². The average Bonchev–Trinajstić information content (AvgIpc) is 3.08. The third kappa shape index (κ3) is 14.1. The zero-order valence-electron chi connectivity index (χ0n) is 14.8. The van der Waals surface area contributed by atoms with Gasteiger partial charge in [-0.25, -0.2) is 0 Å². The summed E-state index contributed by atoms with van der Waals surface area (Å²) in [5, 5.41) is 10.9. The summed E-state index contributed by atoms with van der Waals surface area (Å²) in [7, 11) is 0. The van der Waals surface area contributed by atoms with Crippen LogP contribution >= 0.6 is 23.1 Å². The monoisotopic (exact) mass is 356 g/mol. The summed E-state index contributed by atoms with van der Waals surface area (Å²) in [6.07, 6.45) is 17.8. The Bertz CT molecular complexity index is 324. The summed E-state index contributed by atoms with van der Waals surface area (Å²) < 4.78 is 0. The van der Waals surface area contributed by atoms with Gasteiger partial charge in [0, 0.05) is 11.5 Å². The summed E-state index contributed by atoms with van der Waals surface area (Å²) in [4.78, 5) is 1.55. The molecule has 0 fully saturated rings. The van der Waals surface area contributed by atoms with Crippen LogP contribution in [0.3, 0.4) is 0 Å². The third-order valence-electron chi connectivity index (χ3n) is 4.24. The molecule has 1 aromatic rings. The molecule has 0 aliphatic heterocycles. The topological polar surface area (TPSA) is 20.2 Å². The van der Waals surface area contributed by atoms with Gasteiger partial charge in [-0.2, -0.15) is 11.8 Å². The number of rotatable bonds is 17. The molecule has 0 aliphatic carbocycles. The van der Waals surface area contributed by atoms with Crippen LogP contribution in [0.5, 0.6) is 0 Å². The Morgan fingerprint density at radius 3 is 1.87 bits per heavy atom. The Kier molecular flexibility index (Phi) is 15.4. The van der Waals surface area contributed by atoms with Gasteiger partial charge in [-0.1, -0.05) is 63.9 Å². The number of hydrogen-bond donors (Lipinski definition) is 1. The van der Waals surface area contributed by atoms with E-state index < -0.39 is 0 Å². The van der Waals surface area contributed by atoms with Crippen molar-refractivity contribution >= 4 is 23.1 Å². The molecule has 1 rings (SSSR count). The molecule has 0 bridgehead atoms. The Labute approximate surface area is 152 Å². The molecule has 1 heterocycles. The molecule has 0 saturated heterocycles. The summed E-state index contributed by atoms with van der Waals surface area (Å²) in [5.74, 6) is 2.41. The van der Waals surface area contributed by atoms with Crippen LogP contribution in [0, 0.1) is 0 Å². The highest BCUT2D eigenvalue weighted by Crippen LogP contribution is 2.15. The number of aliphatic hydroxyl groups is 1. The first-order chi connectivity index (χ1) is 11.4. The van der Waals surface area contributed by atoms with Gasteiger partial charge in [0.15, 0.2) is 0 Å². The van der Waals surface area contributed by atoms with Crippen molar-refractivity contribution in [2.75, 3.05) is 18.1 Å². The van der Waals surface area contributed by atoms with E-state index in [1.165, 1.54) is 82.8 Å². The molecule has 0 saturated carbocycles. The van der Waals surface area contributed by atoms with Crippen LogP contribution in [0.25, 0.3) is 0 Å². The molecule has 0 radical (unpaired) electrons. The molecule has 0 spiro atoms. The minimum Gasteiger partial charge on any atom is -0.396 e. The minimum atomic E-state index is 0.349. The van der Waals surface area contributed by atoms with Crippen LogP contribution in [-0.2, 0) is 6.42 Å². The van der Waals surface area contributed by atoms with E-state index in [-0.39, 0.29) is 0 Å². The van der Waals surface area contributed by atoms with E-state index in [1.807, 2.05) is 23.1 Å². The van der Waals surface area contributed by atoms with Crippen LogP contribution in [0.2, 0.25) is 0 Å². The predicted octanol–water partition coefficient (Wildman–Crippen LogP) is 6.70. The van der Waals surface area contributed by atoms with Gasteiger partial charge in [0.05, 0.1) is 0 Å². The Balaban J connectivity index is 1.67. The molecule has 0 amide bonds. The normalized spacial score (nSPS) is 11.2. The van der Waals surface area contributed by atoms with Crippen molar-refractivity contribution in [2.45, 2.75) is 83.5 Å². The lowest BCUT2D eigenvalue weighted by Crippen LogP contribution is -1.88. The molecule has 0 aliphatic rings. The first-order valence-corrected chi connectivity index (χ1v) is 11.7.